The molecule has 21 heavy (non-hydrogen) atoms. The molecule has 112 valence electrons. The van der Waals surface area contributed by atoms with E-state index >= 15 is 0 Å². The summed E-state index contributed by atoms with van der Waals surface area (Å²) < 4.78 is 2.10. The van der Waals surface area contributed by atoms with Gasteiger partial charge < -0.3 is 10.6 Å². The van der Waals surface area contributed by atoms with Gasteiger partial charge in [-0.3, -0.25) is 0 Å². The molecule has 2 heterocycles. The molecule has 1 aromatic carbocycles. The van der Waals surface area contributed by atoms with Crippen molar-refractivity contribution in [2.24, 2.45) is 5.73 Å². The van der Waals surface area contributed by atoms with E-state index in [9.17, 15) is 0 Å². The van der Waals surface area contributed by atoms with Crippen molar-refractivity contribution in [2.75, 3.05) is 18.0 Å². The van der Waals surface area contributed by atoms with E-state index in [1.165, 1.54) is 24.2 Å². The Morgan fingerprint density at radius 2 is 2.05 bits per heavy atom. The first-order valence-electron chi connectivity index (χ1n) is 7.83. The van der Waals surface area contributed by atoms with Crippen molar-refractivity contribution in [3.05, 3.63) is 41.6 Å². The molecule has 3 rings (SSSR count). The summed E-state index contributed by atoms with van der Waals surface area (Å²) >= 11 is 0. The number of nitrogens with two attached hydrogens (primary N) is 1. The minimum Gasteiger partial charge on any atom is -0.354 e. The summed E-state index contributed by atoms with van der Waals surface area (Å²) in [4.78, 5) is 2.50. The highest BCUT2D eigenvalue weighted by Crippen LogP contribution is 2.32. The van der Waals surface area contributed by atoms with Crippen LogP contribution in [0, 0.1) is 6.92 Å². The summed E-state index contributed by atoms with van der Waals surface area (Å²) in [6.07, 6.45) is 3.39. The topological polar surface area (TPSA) is 47.1 Å². The summed E-state index contributed by atoms with van der Waals surface area (Å²) in [6, 6.07) is 11.0. The number of hydrogen-bond acceptors (Lipinski definition) is 3. The van der Waals surface area contributed by atoms with E-state index in [1.54, 1.807) is 0 Å². The van der Waals surface area contributed by atoms with E-state index in [-0.39, 0.29) is 0 Å². The van der Waals surface area contributed by atoms with Crippen LogP contribution >= 0.6 is 0 Å². The molecule has 0 radical (unpaired) electrons. The summed E-state index contributed by atoms with van der Waals surface area (Å²) in [5, 5.41) is 4.80. The average molecular weight is 284 g/mol. The molecule has 1 fully saturated rings. The molecule has 4 heteroatoms. The van der Waals surface area contributed by atoms with E-state index in [4.69, 9.17) is 10.8 Å². The molecule has 0 bridgehead atoms. The Kier molecular flexibility index (Phi) is 3.97. The molecule has 4 nitrogen and oxygen atoms in total. The molecule has 1 atom stereocenters. The lowest BCUT2D eigenvalue weighted by Crippen LogP contribution is -2.29. The molecule has 0 saturated carbocycles. The molecular formula is C17H24N4. The first-order valence-corrected chi connectivity index (χ1v) is 7.83. The zero-order valence-electron chi connectivity index (χ0n) is 12.9. The molecule has 0 amide bonds. The van der Waals surface area contributed by atoms with E-state index in [0.717, 1.165) is 24.3 Å². The van der Waals surface area contributed by atoms with Crippen molar-refractivity contribution >= 4 is 5.82 Å². The lowest BCUT2D eigenvalue weighted by molar-refractivity contribution is 0.704. The zero-order chi connectivity index (χ0) is 14.8. The molecule has 1 aromatic heterocycles. The molecule has 2 N–H and O–H groups in total. The third kappa shape index (κ3) is 2.56. The monoisotopic (exact) mass is 284 g/mol. The number of anilines is 1. The Labute approximate surface area is 126 Å². The highest BCUT2D eigenvalue weighted by molar-refractivity contribution is 5.56. The van der Waals surface area contributed by atoms with Crippen LogP contribution in [0.5, 0.6) is 0 Å². The highest BCUT2D eigenvalue weighted by Gasteiger charge is 2.28. The molecule has 1 aliphatic rings. The van der Waals surface area contributed by atoms with Gasteiger partial charge in [0.05, 0.1) is 11.4 Å². The Morgan fingerprint density at radius 1 is 1.29 bits per heavy atom. The molecule has 0 aliphatic carbocycles. The molecule has 1 unspecified atom stereocenters. The second-order valence-electron chi connectivity index (χ2n) is 5.86. The maximum atomic E-state index is 5.82. The summed E-state index contributed by atoms with van der Waals surface area (Å²) in [6.45, 7) is 6.17. The average Bonchev–Trinajstić information content (AvgIpc) is 3.05. The van der Waals surface area contributed by atoms with Crippen LogP contribution in [-0.2, 0) is 6.42 Å². The fraction of sp³-hybridized carbons (Fsp3) is 0.471. The zero-order valence-corrected chi connectivity index (χ0v) is 12.9. The number of nitrogens with zero attached hydrogens (tertiary/aromatic N) is 3. The van der Waals surface area contributed by atoms with Crippen molar-refractivity contribution in [2.45, 2.75) is 39.2 Å². The van der Waals surface area contributed by atoms with Gasteiger partial charge in [-0.15, -0.1) is 0 Å². The van der Waals surface area contributed by atoms with Gasteiger partial charge in [-0.1, -0.05) is 18.2 Å². The van der Waals surface area contributed by atoms with Gasteiger partial charge in [0.25, 0.3) is 0 Å². The van der Waals surface area contributed by atoms with Crippen LogP contribution in [0.25, 0.3) is 5.69 Å². The quantitative estimate of drug-likeness (QED) is 0.939. The summed E-state index contributed by atoms with van der Waals surface area (Å²) in [7, 11) is 0. The molecular weight excluding hydrogens is 260 g/mol. The number of rotatable bonds is 4. The molecule has 0 spiro atoms. The van der Waals surface area contributed by atoms with Crippen LogP contribution in [0.4, 0.5) is 5.82 Å². The number of aromatic nitrogens is 2. The first kappa shape index (κ1) is 14.1. The predicted molar refractivity (Wildman–Crippen MR) is 87.1 cm³/mol. The number of aryl methyl sites for hydroxylation is 1. The van der Waals surface area contributed by atoms with Crippen molar-refractivity contribution in [1.29, 1.82) is 0 Å². The van der Waals surface area contributed by atoms with E-state index in [1.807, 2.05) is 6.07 Å². The lowest BCUT2D eigenvalue weighted by Gasteiger charge is -2.26. The van der Waals surface area contributed by atoms with Crippen LogP contribution in [0.2, 0.25) is 0 Å². The van der Waals surface area contributed by atoms with E-state index in [2.05, 4.69) is 47.7 Å². The Bertz CT molecular complexity index is 603. The fourth-order valence-corrected chi connectivity index (χ4v) is 3.28. The minimum atomic E-state index is 0.570. The molecule has 1 aliphatic heterocycles. The normalized spacial score (nSPS) is 18.4. The predicted octanol–water partition coefficient (Wildman–Crippen LogP) is 2.67. The Hall–Kier alpha value is -1.81. The van der Waals surface area contributed by atoms with Gasteiger partial charge in [-0.05, 0) is 51.8 Å². The van der Waals surface area contributed by atoms with E-state index < -0.39 is 0 Å². The summed E-state index contributed by atoms with van der Waals surface area (Å²) in [5.41, 5.74) is 9.34. The van der Waals surface area contributed by atoms with Gasteiger partial charge in [-0.2, -0.15) is 5.10 Å². The van der Waals surface area contributed by atoms with Crippen LogP contribution in [0.15, 0.2) is 30.3 Å². The maximum absolute atomic E-state index is 5.82. The highest BCUT2D eigenvalue weighted by atomic mass is 15.4. The second kappa shape index (κ2) is 5.90. The SMILES string of the molecule is Cc1nn(-c2ccccc2)c(N2CCCC2C)c1CCN. The van der Waals surface area contributed by atoms with Gasteiger partial charge in [0.1, 0.15) is 5.82 Å². The van der Waals surface area contributed by atoms with Gasteiger partial charge in [0.2, 0.25) is 0 Å². The van der Waals surface area contributed by atoms with Crippen molar-refractivity contribution in [3.8, 4) is 5.69 Å². The Balaban J connectivity index is 2.13. The smallest absolute Gasteiger partial charge is 0.136 e. The molecule has 2 aromatic rings. The number of benzene rings is 1. The lowest BCUT2D eigenvalue weighted by atomic mass is 10.1. The molecule has 1 saturated heterocycles. The first-order chi connectivity index (χ1) is 10.2. The minimum absolute atomic E-state index is 0.570. The Morgan fingerprint density at radius 3 is 2.67 bits per heavy atom. The third-order valence-electron chi connectivity index (χ3n) is 4.38. The maximum Gasteiger partial charge on any atom is 0.136 e. The van der Waals surface area contributed by atoms with Crippen molar-refractivity contribution in [1.82, 2.24) is 9.78 Å². The van der Waals surface area contributed by atoms with Crippen LogP contribution in [0.3, 0.4) is 0 Å². The van der Waals surface area contributed by atoms with Crippen LogP contribution in [0.1, 0.15) is 31.0 Å². The van der Waals surface area contributed by atoms with Gasteiger partial charge in [0.15, 0.2) is 0 Å². The van der Waals surface area contributed by atoms with Crippen LogP contribution in [-0.4, -0.2) is 28.9 Å². The number of hydrogen-bond donors (Lipinski definition) is 1. The van der Waals surface area contributed by atoms with Crippen molar-refractivity contribution in [3.63, 3.8) is 0 Å². The largest absolute Gasteiger partial charge is 0.354 e. The summed E-state index contributed by atoms with van der Waals surface area (Å²) in [5.74, 6) is 1.24. The van der Waals surface area contributed by atoms with E-state index in [0.29, 0.717) is 12.6 Å². The standard InChI is InChI=1S/C17H24N4/c1-13-7-6-12-20(13)17-16(10-11-18)14(2)19-21(17)15-8-4-3-5-9-15/h3-5,8-9,13H,6-7,10-12,18H2,1-2H3. The van der Waals surface area contributed by atoms with Crippen molar-refractivity contribution < 1.29 is 0 Å². The van der Waals surface area contributed by atoms with Gasteiger partial charge in [0, 0.05) is 18.2 Å². The number of para-hydroxylation sites is 1. The van der Waals surface area contributed by atoms with Crippen LogP contribution < -0.4 is 10.6 Å². The van der Waals surface area contributed by atoms with Gasteiger partial charge >= 0.3 is 0 Å². The fourth-order valence-electron chi connectivity index (χ4n) is 3.28. The third-order valence-corrected chi connectivity index (χ3v) is 4.38. The second-order valence-corrected chi connectivity index (χ2v) is 5.86. The van der Waals surface area contributed by atoms with Gasteiger partial charge in [-0.25, -0.2) is 4.68 Å².